The van der Waals surface area contributed by atoms with Crippen molar-refractivity contribution < 1.29 is 0 Å². The first-order valence-corrected chi connectivity index (χ1v) is 4.14. The van der Waals surface area contributed by atoms with Crippen molar-refractivity contribution in [1.29, 1.82) is 0 Å². The van der Waals surface area contributed by atoms with E-state index >= 15 is 0 Å². The highest BCUT2D eigenvalue weighted by Crippen LogP contribution is 2.11. The molecular weight excluding hydrogens is 138 g/mol. The van der Waals surface area contributed by atoms with Crippen LogP contribution in [0.3, 0.4) is 0 Å². The highest BCUT2D eigenvalue weighted by atomic mass is 15.4. The minimum atomic E-state index is 0.525. The van der Waals surface area contributed by atoms with Gasteiger partial charge in [-0.1, -0.05) is 26.0 Å². The van der Waals surface area contributed by atoms with Crippen LogP contribution >= 0.6 is 0 Å². The van der Waals surface area contributed by atoms with Gasteiger partial charge in [-0.25, -0.2) is 4.68 Å². The van der Waals surface area contributed by atoms with Crippen LogP contribution in [0.2, 0.25) is 0 Å². The summed E-state index contributed by atoms with van der Waals surface area (Å²) in [7, 11) is 0. The van der Waals surface area contributed by atoms with Crippen molar-refractivity contribution >= 4 is 0 Å². The van der Waals surface area contributed by atoms with Gasteiger partial charge in [0.1, 0.15) is 0 Å². The second-order valence-electron chi connectivity index (χ2n) is 3.04. The molecule has 0 spiro atoms. The first-order chi connectivity index (χ1) is 5.25. The first kappa shape index (κ1) is 8.24. The maximum Gasteiger partial charge on any atom is 0.0727 e. The van der Waals surface area contributed by atoms with Gasteiger partial charge < -0.3 is 0 Å². The molecule has 0 atom stereocenters. The molecule has 0 N–H and O–H groups in total. The van der Waals surface area contributed by atoms with E-state index in [1.807, 2.05) is 10.9 Å². The molecule has 0 aliphatic carbocycles. The van der Waals surface area contributed by atoms with Crippen molar-refractivity contribution in [3.05, 3.63) is 11.9 Å². The molecule has 0 aromatic carbocycles. The van der Waals surface area contributed by atoms with Crippen LogP contribution in [-0.4, -0.2) is 15.0 Å². The Morgan fingerprint density at radius 2 is 2.27 bits per heavy atom. The maximum atomic E-state index is 3.99. The number of hydrogen-bond acceptors (Lipinski definition) is 2. The van der Waals surface area contributed by atoms with E-state index < -0.39 is 0 Å². The summed E-state index contributed by atoms with van der Waals surface area (Å²) in [4.78, 5) is 0. The van der Waals surface area contributed by atoms with Crippen molar-refractivity contribution in [1.82, 2.24) is 15.0 Å². The molecule has 1 heterocycles. The molecule has 0 bridgehead atoms. The smallest absolute Gasteiger partial charge is 0.0727 e. The molecule has 3 nitrogen and oxygen atoms in total. The van der Waals surface area contributed by atoms with Crippen LogP contribution in [0, 0.1) is 0 Å². The Bertz CT molecular complexity index is 215. The van der Waals surface area contributed by atoms with E-state index in [2.05, 4.69) is 31.1 Å². The van der Waals surface area contributed by atoms with E-state index in [9.17, 15) is 0 Å². The Labute approximate surface area is 67.4 Å². The third-order valence-corrected chi connectivity index (χ3v) is 1.67. The number of rotatable bonds is 3. The highest BCUT2D eigenvalue weighted by Gasteiger charge is 2.05. The third kappa shape index (κ3) is 1.79. The predicted molar refractivity (Wildman–Crippen MR) is 44.4 cm³/mol. The van der Waals surface area contributed by atoms with Crippen LogP contribution in [0.15, 0.2) is 6.20 Å². The highest BCUT2D eigenvalue weighted by molar-refractivity contribution is 4.99. The summed E-state index contributed by atoms with van der Waals surface area (Å²) in [6.45, 7) is 7.44. The lowest BCUT2D eigenvalue weighted by Gasteiger charge is -2.06. The van der Waals surface area contributed by atoms with Gasteiger partial charge in [-0.2, -0.15) is 0 Å². The zero-order chi connectivity index (χ0) is 8.27. The van der Waals surface area contributed by atoms with Crippen molar-refractivity contribution in [2.75, 3.05) is 0 Å². The van der Waals surface area contributed by atoms with Crippen LogP contribution in [0.1, 0.15) is 38.8 Å². The molecule has 0 unspecified atom stereocenters. The average Bonchev–Trinajstić information content (AvgIpc) is 2.36. The number of aromatic nitrogens is 3. The molecule has 1 aromatic rings. The molecule has 1 aromatic heterocycles. The molecule has 3 heteroatoms. The van der Waals surface area contributed by atoms with Gasteiger partial charge in [0.15, 0.2) is 0 Å². The Morgan fingerprint density at radius 1 is 1.55 bits per heavy atom. The fourth-order valence-corrected chi connectivity index (χ4v) is 1.10. The molecule has 0 saturated heterocycles. The molecule has 11 heavy (non-hydrogen) atoms. The van der Waals surface area contributed by atoms with Crippen molar-refractivity contribution in [2.45, 2.75) is 39.7 Å². The zero-order valence-electron chi connectivity index (χ0n) is 7.41. The summed E-state index contributed by atoms with van der Waals surface area (Å²) in [6, 6.07) is 0. The number of hydrogen-bond donors (Lipinski definition) is 0. The van der Waals surface area contributed by atoms with E-state index in [4.69, 9.17) is 0 Å². The molecule has 0 amide bonds. The van der Waals surface area contributed by atoms with Crippen molar-refractivity contribution in [3.8, 4) is 0 Å². The lowest BCUT2D eigenvalue weighted by atomic mass is 10.1. The SMILES string of the molecule is CCCn1nncc1C(C)C. The molecule has 62 valence electrons. The molecule has 0 fully saturated rings. The second-order valence-corrected chi connectivity index (χ2v) is 3.04. The first-order valence-electron chi connectivity index (χ1n) is 4.14. The monoisotopic (exact) mass is 153 g/mol. The summed E-state index contributed by atoms with van der Waals surface area (Å²) < 4.78 is 1.98. The molecular formula is C8H15N3. The van der Waals surface area contributed by atoms with Crippen LogP contribution in [-0.2, 0) is 6.54 Å². The topological polar surface area (TPSA) is 30.7 Å². The van der Waals surface area contributed by atoms with Crippen molar-refractivity contribution in [2.24, 2.45) is 0 Å². The largest absolute Gasteiger partial charge is 0.249 e. The van der Waals surface area contributed by atoms with Gasteiger partial charge in [0.2, 0.25) is 0 Å². The molecule has 0 aliphatic heterocycles. The lowest BCUT2D eigenvalue weighted by molar-refractivity contribution is 0.542. The minimum absolute atomic E-state index is 0.525. The standard InChI is InChI=1S/C8H15N3/c1-4-5-11-8(7(2)3)6-9-10-11/h6-7H,4-5H2,1-3H3. The average molecular weight is 153 g/mol. The van der Waals surface area contributed by atoms with Crippen LogP contribution in [0.4, 0.5) is 0 Å². The quantitative estimate of drug-likeness (QED) is 0.663. The maximum absolute atomic E-state index is 3.99. The zero-order valence-corrected chi connectivity index (χ0v) is 7.41. The van der Waals surface area contributed by atoms with E-state index in [0.29, 0.717) is 5.92 Å². The van der Waals surface area contributed by atoms with Crippen LogP contribution < -0.4 is 0 Å². The Morgan fingerprint density at radius 3 is 2.82 bits per heavy atom. The Kier molecular flexibility index (Phi) is 2.63. The summed E-state index contributed by atoms with van der Waals surface area (Å²) in [6.07, 6.45) is 2.96. The number of aryl methyl sites for hydroxylation is 1. The molecule has 0 aliphatic rings. The second kappa shape index (κ2) is 3.51. The molecule has 1 rings (SSSR count). The van der Waals surface area contributed by atoms with Gasteiger partial charge >= 0.3 is 0 Å². The van der Waals surface area contributed by atoms with Gasteiger partial charge in [-0.3, -0.25) is 0 Å². The van der Waals surface area contributed by atoms with E-state index in [0.717, 1.165) is 13.0 Å². The van der Waals surface area contributed by atoms with E-state index in [-0.39, 0.29) is 0 Å². The molecule has 0 radical (unpaired) electrons. The lowest BCUT2D eigenvalue weighted by Crippen LogP contribution is -2.05. The Hall–Kier alpha value is -0.860. The van der Waals surface area contributed by atoms with Gasteiger partial charge in [0, 0.05) is 6.54 Å². The van der Waals surface area contributed by atoms with Gasteiger partial charge in [-0.15, -0.1) is 5.10 Å². The fraction of sp³-hybridized carbons (Fsp3) is 0.750. The summed E-state index contributed by atoms with van der Waals surface area (Å²) in [5.74, 6) is 0.525. The summed E-state index contributed by atoms with van der Waals surface area (Å²) in [5, 5.41) is 7.87. The predicted octanol–water partition coefficient (Wildman–Crippen LogP) is 1.81. The van der Waals surface area contributed by atoms with Crippen molar-refractivity contribution in [3.63, 3.8) is 0 Å². The summed E-state index contributed by atoms with van der Waals surface area (Å²) in [5.41, 5.74) is 1.23. The fourth-order valence-electron chi connectivity index (χ4n) is 1.10. The van der Waals surface area contributed by atoms with Crippen LogP contribution in [0.25, 0.3) is 0 Å². The molecule has 0 saturated carbocycles. The summed E-state index contributed by atoms with van der Waals surface area (Å²) >= 11 is 0. The van der Waals surface area contributed by atoms with E-state index in [1.165, 1.54) is 5.69 Å². The van der Waals surface area contributed by atoms with Gasteiger partial charge in [-0.05, 0) is 12.3 Å². The Balaban J connectivity index is 2.78. The van der Waals surface area contributed by atoms with E-state index in [1.54, 1.807) is 0 Å². The normalized spacial score (nSPS) is 10.9. The van der Waals surface area contributed by atoms with Gasteiger partial charge in [0.25, 0.3) is 0 Å². The van der Waals surface area contributed by atoms with Crippen LogP contribution in [0.5, 0.6) is 0 Å². The number of nitrogens with zero attached hydrogens (tertiary/aromatic N) is 3. The van der Waals surface area contributed by atoms with Gasteiger partial charge in [0.05, 0.1) is 11.9 Å². The third-order valence-electron chi connectivity index (χ3n) is 1.67. The minimum Gasteiger partial charge on any atom is -0.249 e.